The van der Waals surface area contributed by atoms with Crippen LogP contribution in [0.3, 0.4) is 0 Å². The Morgan fingerprint density at radius 2 is 1.37 bits per heavy atom. The van der Waals surface area contributed by atoms with E-state index >= 15 is 0 Å². The molecule has 0 fully saturated rings. The van der Waals surface area contributed by atoms with E-state index in [2.05, 4.69) is 66.7 Å². The molecule has 0 heterocycles. The van der Waals surface area contributed by atoms with Crippen molar-refractivity contribution in [1.29, 1.82) is 0 Å². The van der Waals surface area contributed by atoms with Crippen LogP contribution in [0.1, 0.15) is 45.7 Å². The van der Waals surface area contributed by atoms with Gasteiger partial charge >= 0.3 is 127 Å². The molecule has 0 saturated heterocycles. The Balaban J connectivity index is 2.46. The van der Waals surface area contributed by atoms with Crippen molar-refractivity contribution in [3.63, 3.8) is 0 Å². The SMILES string of the molecule is CC1=C(C)C(C)(C)[C]([Ti][c]2c(C)cccc2C)=C1C. The van der Waals surface area contributed by atoms with Crippen LogP contribution < -0.4 is 3.87 Å². The van der Waals surface area contributed by atoms with E-state index in [0.717, 1.165) is 0 Å². The van der Waals surface area contributed by atoms with E-state index in [0.29, 0.717) is 0 Å². The zero-order chi connectivity index (χ0) is 14.4. The molecule has 0 N–H and O–H groups in total. The Labute approximate surface area is 126 Å². The third-order valence-electron chi connectivity index (χ3n) is 4.79. The fourth-order valence-electron chi connectivity index (χ4n) is 2.98. The van der Waals surface area contributed by atoms with E-state index in [-0.39, 0.29) is 24.6 Å². The van der Waals surface area contributed by atoms with Crippen LogP contribution in [0.4, 0.5) is 0 Å². The molecule has 2 rings (SSSR count). The standard InChI is InChI=1S/C10H15.C8H9.Ti/c1-7-6-10(4,5)9(3)8(7)2;1-7-4-3-5-8(2)6-7;/h1-5H3;3-5H,1-2H3;. The topological polar surface area (TPSA) is 0 Å². The maximum absolute atomic E-state index is 2.40. The predicted octanol–water partition coefficient (Wildman–Crippen LogP) is 4.66. The molecule has 19 heavy (non-hydrogen) atoms. The molecule has 0 bridgehead atoms. The number of allylic oxidation sites excluding steroid dienone is 4. The monoisotopic (exact) mass is 288 g/mol. The molecule has 0 saturated carbocycles. The van der Waals surface area contributed by atoms with E-state index in [1.165, 1.54) is 16.7 Å². The zero-order valence-corrected chi connectivity index (χ0v) is 14.8. The summed E-state index contributed by atoms with van der Waals surface area (Å²) < 4.78 is 3.35. The summed E-state index contributed by atoms with van der Waals surface area (Å²) in [5.41, 5.74) is 7.86. The normalized spacial score (nSPS) is 18.3. The van der Waals surface area contributed by atoms with Crippen LogP contribution >= 0.6 is 0 Å². The van der Waals surface area contributed by atoms with Crippen LogP contribution in [0.5, 0.6) is 0 Å². The summed E-state index contributed by atoms with van der Waals surface area (Å²) in [5.74, 6) is 0. The molecule has 1 aromatic rings. The number of benzene rings is 1. The molecule has 0 atom stereocenters. The van der Waals surface area contributed by atoms with Gasteiger partial charge in [0.15, 0.2) is 0 Å². The van der Waals surface area contributed by atoms with Gasteiger partial charge in [-0.3, -0.25) is 0 Å². The minimum atomic E-state index is -0.224. The molecule has 1 aliphatic rings. The Morgan fingerprint density at radius 1 is 0.842 bits per heavy atom. The number of hydrogen-bond acceptors (Lipinski definition) is 0. The molecule has 1 aromatic carbocycles. The molecule has 0 spiro atoms. The fraction of sp³-hybridized carbons (Fsp3) is 0.444. The average Bonchev–Trinajstić information content (AvgIpc) is 2.48. The van der Waals surface area contributed by atoms with E-state index < -0.39 is 0 Å². The Kier molecular flexibility index (Phi) is 3.96. The minimum absolute atomic E-state index is 0.224. The van der Waals surface area contributed by atoms with Gasteiger partial charge in [-0.25, -0.2) is 0 Å². The molecule has 1 aliphatic carbocycles. The summed E-state index contributed by atoms with van der Waals surface area (Å²) in [6.45, 7) is 16.2. The van der Waals surface area contributed by atoms with E-state index in [9.17, 15) is 0 Å². The maximum atomic E-state index is 2.40. The zero-order valence-electron chi connectivity index (χ0n) is 13.2. The summed E-state index contributed by atoms with van der Waals surface area (Å²) >= 11 is -0.224. The summed E-state index contributed by atoms with van der Waals surface area (Å²) in [6.07, 6.45) is 0. The van der Waals surface area contributed by atoms with Crippen LogP contribution in [0.25, 0.3) is 0 Å². The van der Waals surface area contributed by atoms with Gasteiger partial charge in [-0.2, -0.15) is 0 Å². The predicted molar refractivity (Wildman–Crippen MR) is 80.4 cm³/mol. The second kappa shape index (κ2) is 5.07. The van der Waals surface area contributed by atoms with Crippen LogP contribution in [-0.2, 0) is 19.2 Å². The first-order chi connectivity index (χ1) is 8.76. The van der Waals surface area contributed by atoms with Gasteiger partial charge in [0.05, 0.1) is 0 Å². The number of aryl methyl sites for hydroxylation is 2. The second-order valence-electron chi connectivity index (χ2n) is 6.27. The third kappa shape index (κ3) is 2.41. The first-order valence-electron chi connectivity index (χ1n) is 6.99. The summed E-state index contributed by atoms with van der Waals surface area (Å²) in [6, 6.07) is 6.70. The Bertz CT molecular complexity index is 565. The van der Waals surface area contributed by atoms with Crippen molar-refractivity contribution in [2.24, 2.45) is 5.41 Å². The van der Waals surface area contributed by atoms with Crippen LogP contribution in [0.2, 0.25) is 0 Å². The van der Waals surface area contributed by atoms with Crippen molar-refractivity contribution in [3.8, 4) is 0 Å². The quantitative estimate of drug-likeness (QED) is 0.694. The van der Waals surface area contributed by atoms with Crippen molar-refractivity contribution >= 4 is 3.87 Å². The van der Waals surface area contributed by atoms with E-state index in [1.54, 1.807) is 18.9 Å². The van der Waals surface area contributed by atoms with Gasteiger partial charge in [0.1, 0.15) is 0 Å². The molecular weight excluding hydrogens is 264 g/mol. The molecule has 0 aromatic heterocycles. The molecule has 100 valence electrons. The third-order valence-corrected chi connectivity index (χ3v) is 8.37. The fourth-order valence-corrected chi connectivity index (χ4v) is 5.61. The molecule has 0 radical (unpaired) electrons. The first-order valence-corrected chi connectivity index (χ1v) is 8.56. The van der Waals surface area contributed by atoms with Crippen LogP contribution in [-0.4, -0.2) is 0 Å². The van der Waals surface area contributed by atoms with Crippen molar-refractivity contribution < 1.29 is 19.2 Å². The van der Waals surface area contributed by atoms with Crippen molar-refractivity contribution in [1.82, 2.24) is 0 Å². The van der Waals surface area contributed by atoms with Gasteiger partial charge in [0.25, 0.3) is 0 Å². The average molecular weight is 288 g/mol. The molecular formula is C18H24Ti. The van der Waals surface area contributed by atoms with Gasteiger partial charge in [-0.1, -0.05) is 0 Å². The molecule has 0 nitrogen and oxygen atoms in total. The molecule has 0 aliphatic heterocycles. The van der Waals surface area contributed by atoms with Crippen molar-refractivity contribution in [3.05, 3.63) is 49.9 Å². The number of rotatable bonds is 2. The van der Waals surface area contributed by atoms with E-state index in [4.69, 9.17) is 0 Å². The Morgan fingerprint density at radius 3 is 1.79 bits per heavy atom. The van der Waals surface area contributed by atoms with Gasteiger partial charge < -0.3 is 0 Å². The van der Waals surface area contributed by atoms with Crippen molar-refractivity contribution in [2.45, 2.75) is 48.5 Å². The summed E-state index contributed by atoms with van der Waals surface area (Å²) in [5, 5.41) is 0. The van der Waals surface area contributed by atoms with Crippen molar-refractivity contribution in [2.75, 3.05) is 0 Å². The van der Waals surface area contributed by atoms with Gasteiger partial charge in [0.2, 0.25) is 0 Å². The van der Waals surface area contributed by atoms with Gasteiger partial charge in [-0.05, 0) is 0 Å². The van der Waals surface area contributed by atoms with Crippen LogP contribution in [0, 0.1) is 19.3 Å². The van der Waals surface area contributed by atoms with Gasteiger partial charge in [-0.15, -0.1) is 0 Å². The Hall–Kier alpha value is -0.586. The summed E-state index contributed by atoms with van der Waals surface area (Å²) in [4.78, 5) is 0. The first kappa shape index (κ1) is 14.8. The summed E-state index contributed by atoms with van der Waals surface area (Å²) in [7, 11) is 0. The van der Waals surface area contributed by atoms with Gasteiger partial charge in [0, 0.05) is 0 Å². The van der Waals surface area contributed by atoms with E-state index in [1.807, 2.05) is 0 Å². The number of hydrogen-bond donors (Lipinski definition) is 0. The second-order valence-corrected chi connectivity index (χ2v) is 8.22. The van der Waals surface area contributed by atoms with Crippen LogP contribution in [0.15, 0.2) is 38.8 Å². The molecule has 0 amide bonds. The molecule has 0 unspecified atom stereocenters. The molecule has 1 heteroatoms.